The minimum absolute atomic E-state index is 0.0192. The van der Waals surface area contributed by atoms with Gasteiger partial charge in [0, 0.05) is 12.3 Å². The summed E-state index contributed by atoms with van der Waals surface area (Å²) in [6.45, 7) is 0. The van der Waals surface area contributed by atoms with Gasteiger partial charge in [0.2, 0.25) is 0 Å². The smallest absolute Gasteiger partial charge is 0.317 e. The SMILES string of the molecule is COC(=O)CC#Cc1cc(F)ccn1. The molecule has 0 saturated carbocycles. The quantitative estimate of drug-likeness (QED) is 0.496. The Morgan fingerprint density at radius 3 is 3.14 bits per heavy atom. The van der Waals surface area contributed by atoms with Crippen LogP contribution in [0, 0.1) is 17.7 Å². The Kier molecular flexibility index (Phi) is 3.62. The van der Waals surface area contributed by atoms with Crippen LogP contribution in [-0.4, -0.2) is 18.1 Å². The molecule has 0 atom stereocenters. The number of esters is 1. The van der Waals surface area contributed by atoms with Crippen molar-refractivity contribution >= 4 is 5.97 Å². The first-order valence-corrected chi connectivity index (χ1v) is 3.89. The van der Waals surface area contributed by atoms with Crippen molar-refractivity contribution in [2.24, 2.45) is 0 Å². The average molecular weight is 193 g/mol. The van der Waals surface area contributed by atoms with Crippen LogP contribution in [0.2, 0.25) is 0 Å². The molecule has 14 heavy (non-hydrogen) atoms. The first-order valence-electron chi connectivity index (χ1n) is 3.89. The van der Waals surface area contributed by atoms with Gasteiger partial charge in [0.25, 0.3) is 0 Å². The second kappa shape index (κ2) is 4.97. The highest BCUT2D eigenvalue weighted by Gasteiger charge is 1.94. The number of aromatic nitrogens is 1. The van der Waals surface area contributed by atoms with Crippen LogP contribution in [0.25, 0.3) is 0 Å². The van der Waals surface area contributed by atoms with Gasteiger partial charge in [-0.05, 0) is 12.0 Å². The Balaban J connectivity index is 2.64. The van der Waals surface area contributed by atoms with Crippen molar-refractivity contribution < 1.29 is 13.9 Å². The standard InChI is InChI=1S/C10H8FNO2/c1-14-10(13)4-2-3-9-7-8(11)5-6-12-9/h5-7H,4H2,1H3. The molecule has 0 aliphatic carbocycles. The molecule has 0 spiro atoms. The molecule has 0 saturated heterocycles. The van der Waals surface area contributed by atoms with E-state index < -0.39 is 11.8 Å². The molecule has 1 rings (SSSR count). The molecule has 0 fully saturated rings. The zero-order valence-electron chi connectivity index (χ0n) is 7.58. The Bertz CT molecular complexity index is 393. The van der Waals surface area contributed by atoms with Gasteiger partial charge in [0.05, 0.1) is 7.11 Å². The molecule has 0 aliphatic rings. The Morgan fingerprint density at radius 2 is 2.50 bits per heavy atom. The van der Waals surface area contributed by atoms with E-state index in [1.165, 1.54) is 25.4 Å². The second-order valence-corrected chi connectivity index (χ2v) is 2.41. The number of ether oxygens (including phenoxy) is 1. The van der Waals surface area contributed by atoms with E-state index in [-0.39, 0.29) is 6.42 Å². The van der Waals surface area contributed by atoms with Gasteiger partial charge in [-0.1, -0.05) is 5.92 Å². The van der Waals surface area contributed by atoms with Crippen LogP contribution in [-0.2, 0) is 9.53 Å². The highest BCUT2D eigenvalue weighted by atomic mass is 19.1. The van der Waals surface area contributed by atoms with Gasteiger partial charge in [-0.3, -0.25) is 4.79 Å². The van der Waals surface area contributed by atoms with Gasteiger partial charge in [-0.2, -0.15) is 0 Å². The van der Waals surface area contributed by atoms with Crippen molar-refractivity contribution in [1.29, 1.82) is 0 Å². The highest BCUT2D eigenvalue weighted by molar-refractivity contribution is 5.72. The number of rotatable bonds is 1. The predicted octanol–water partition coefficient (Wildman–Crippen LogP) is 1.14. The number of hydrogen-bond acceptors (Lipinski definition) is 3. The summed E-state index contributed by atoms with van der Waals surface area (Å²) in [6.07, 6.45) is 1.30. The maximum absolute atomic E-state index is 12.6. The third-order valence-electron chi connectivity index (χ3n) is 1.40. The zero-order valence-corrected chi connectivity index (χ0v) is 7.58. The number of halogens is 1. The molecule has 3 nitrogen and oxygen atoms in total. The van der Waals surface area contributed by atoms with Crippen LogP contribution in [0.3, 0.4) is 0 Å². The molecular formula is C10H8FNO2. The van der Waals surface area contributed by atoms with Gasteiger partial charge in [-0.15, -0.1) is 0 Å². The van der Waals surface area contributed by atoms with Crippen molar-refractivity contribution in [1.82, 2.24) is 4.98 Å². The molecule has 0 amide bonds. The van der Waals surface area contributed by atoms with Crippen LogP contribution in [0.4, 0.5) is 4.39 Å². The minimum Gasteiger partial charge on any atom is -0.468 e. The summed E-state index contributed by atoms with van der Waals surface area (Å²) in [5.41, 5.74) is 0.300. The molecule has 1 aromatic rings. The van der Waals surface area contributed by atoms with E-state index in [0.717, 1.165) is 0 Å². The molecule has 0 radical (unpaired) electrons. The average Bonchev–Trinajstić information content (AvgIpc) is 2.17. The van der Waals surface area contributed by atoms with Crippen LogP contribution in [0.5, 0.6) is 0 Å². The largest absolute Gasteiger partial charge is 0.468 e. The lowest BCUT2D eigenvalue weighted by Crippen LogP contribution is -1.97. The number of pyridine rings is 1. The summed E-state index contributed by atoms with van der Waals surface area (Å²) in [5, 5.41) is 0. The summed E-state index contributed by atoms with van der Waals surface area (Å²) in [6, 6.07) is 2.43. The van der Waals surface area contributed by atoms with E-state index in [9.17, 15) is 9.18 Å². The lowest BCUT2D eigenvalue weighted by Gasteiger charge is -1.90. The van der Waals surface area contributed by atoms with E-state index in [1.54, 1.807) is 0 Å². The summed E-state index contributed by atoms with van der Waals surface area (Å²) in [7, 11) is 1.28. The maximum Gasteiger partial charge on any atom is 0.317 e. The number of carbonyl (C=O) groups is 1. The first-order chi connectivity index (χ1) is 6.72. The molecule has 0 N–H and O–H groups in total. The predicted molar refractivity (Wildman–Crippen MR) is 47.7 cm³/mol. The van der Waals surface area contributed by atoms with Gasteiger partial charge < -0.3 is 4.74 Å². The third-order valence-corrected chi connectivity index (χ3v) is 1.40. The van der Waals surface area contributed by atoms with Crippen molar-refractivity contribution in [2.75, 3.05) is 7.11 Å². The van der Waals surface area contributed by atoms with Crippen molar-refractivity contribution in [3.8, 4) is 11.8 Å². The number of methoxy groups -OCH3 is 1. The van der Waals surface area contributed by atoms with E-state index in [0.29, 0.717) is 5.69 Å². The zero-order chi connectivity index (χ0) is 10.4. The van der Waals surface area contributed by atoms with Crippen molar-refractivity contribution in [2.45, 2.75) is 6.42 Å². The van der Waals surface area contributed by atoms with E-state index in [1.807, 2.05) is 0 Å². The first kappa shape index (κ1) is 10.2. The fourth-order valence-electron chi connectivity index (χ4n) is 0.752. The lowest BCUT2D eigenvalue weighted by atomic mass is 10.3. The van der Waals surface area contributed by atoms with Crippen LogP contribution < -0.4 is 0 Å². The fraction of sp³-hybridized carbons (Fsp3) is 0.200. The van der Waals surface area contributed by atoms with Gasteiger partial charge in [0.1, 0.15) is 17.9 Å². The molecule has 72 valence electrons. The molecule has 0 aliphatic heterocycles. The second-order valence-electron chi connectivity index (χ2n) is 2.41. The van der Waals surface area contributed by atoms with Crippen molar-refractivity contribution in [3.05, 3.63) is 29.8 Å². The van der Waals surface area contributed by atoms with E-state index in [2.05, 4.69) is 21.6 Å². The maximum atomic E-state index is 12.6. The van der Waals surface area contributed by atoms with Gasteiger partial charge in [-0.25, -0.2) is 9.37 Å². The monoisotopic (exact) mass is 193 g/mol. The number of nitrogens with zero attached hydrogens (tertiary/aromatic N) is 1. The van der Waals surface area contributed by atoms with Crippen LogP contribution >= 0.6 is 0 Å². The molecule has 4 heteroatoms. The molecular weight excluding hydrogens is 185 g/mol. The van der Waals surface area contributed by atoms with E-state index >= 15 is 0 Å². The molecule has 1 aromatic heterocycles. The van der Waals surface area contributed by atoms with E-state index in [4.69, 9.17) is 0 Å². The topological polar surface area (TPSA) is 39.2 Å². The number of carbonyl (C=O) groups excluding carboxylic acids is 1. The molecule has 0 unspecified atom stereocenters. The summed E-state index contributed by atoms with van der Waals surface area (Å²) in [4.78, 5) is 14.4. The molecule has 0 aromatic carbocycles. The number of hydrogen-bond donors (Lipinski definition) is 0. The lowest BCUT2D eigenvalue weighted by molar-refractivity contribution is -0.139. The summed E-state index contributed by atoms with van der Waals surface area (Å²) < 4.78 is 17.0. The summed E-state index contributed by atoms with van der Waals surface area (Å²) >= 11 is 0. The molecule has 1 heterocycles. The molecule has 0 bridgehead atoms. The fourth-order valence-corrected chi connectivity index (χ4v) is 0.752. The van der Waals surface area contributed by atoms with Crippen LogP contribution in [0.15, 0.2) is 18.3 Å². The van der Waals surface area contributed by atoms with Gasteiger partial charge in [0.15, 0.2) is 0 Å². The Labute approximate surface area is 80.9 Å². The van der Waals surface area contributed by atoms with Crippen LogP contribution in [0.1, 0.15) is 12.1 Å². The Hall–Kier alpha value is -1.89. The summed E-state index contributed by atoms with van der Waals surface area (Å²) in [5.74, 6) is 4.25. The Morgan fingerprint density at radius 1 is 1.71 bits per heavy atom. The third kappa shape index (κ3) is 3.23. The van der Waals surface area contributed by atoms with Gasteiger partial charge >= 0.3 is 5.97 Å². The normalized spacial score (nSPS) is 8.71. The minimum atomic E-state index is -0.422. The highest BCUT2D eigenvalue weighted by Crippen LogP contribution is 1.97. The van der Waals surface area contributed by atoms with Crippen molar-refractivity contribution in [3.63, 3.8) is 0 Å².